The van der Waals surface area contributed by atoms with Crippen molar-refractivity contribution in [3.05, 3.63) is 52.0 Å². The molecule has 1 aliphatic heterocycles. The van der Waals surface area contributed by atoms with Crippen LogP contribution in [0, 0.1) is 5.92 Å². The lowest BCUT2D eigenvalue weighted by Gasteiger charge is -2.31. The highest BCUT2D eigenvalue weighted by Gasteiger charge is 2.28. The quantitative estimate of drug-likeness (QED) is 0.748. The van der Waals surface area contributed by atoms with Crippen LogP contribution in [0.25, 0.3) is 0 Å². The Hall–Kier alpha value is -2.44. The van der Waals surface area contributed by atoms with Gasteiger partial charge in [0.2, 0.25) is 5.91 Å². The maximum absolute atomic E-state index is 12.8. The standard InChI is InChI=1S/C21H22Cl2N2O4/c1-28-17-7-6-14(12-18(17)29-2)21(27)25-10-8-13(9-11-25)20(26)24-16-5-3-4-15(22)19(16)23/h3-7,12-13H,8-11H2,1-2H3,(H,24,26). The zero-order chi connectivity index (χ0) is 21.0. The van der Waals surface area contributed by atoms with Crippen molar-refractivity contribution >= 4 is 40.7 Å². The van der Waals surface area contributed by atoms with Gasteiger partial charge in [0.05, 0.1) is 30.0 Å². The lowest BCUT2D eigenvalue weighted by Crippen LogP contribution is -2.41. The molecule has 6 nitrogen and oxygen atoms in total. The van der Waals surface area contributed by atoms with Gasteiger partial charge in [0.25, 0.3) is 5.91 Å². The summed E-state index contributed by atoms with van der Waals surface area (Å²) in [5.74, 6) is 0.666. The number of nitrogens with zero attached hydrogens (tertiary/aromatic N) is 1. The Labute approximate surface area is 179 Å². The molecule has 2 aromatic carbocycles. The van der Waals surface area contributed by atoms with Gasteiger partial charge in [0, 0.05) is 24.6 Å². The van der Waals surface area contributed by atoms with Gasteiger partial charge < -0.3 is 19.7 Å². The van der Waals surface area contributed by atoms with Crippen molar-refractivity contribution in [1.29, 1.82) is 0 Å². The number of piperidine rings is 1. The van der Waals surface area contributed by atoms with E-state index >= 15 is 0 Å². The van der Waals surface area contributed by atoms with Crippen LogP contribution in [0.4, 0.5) is 5.69 Å². The van der Waals surface area contributed by atoms with Crippen LogP contribution in [-0.2, 0) is 4.79 Å². The number of carbonyl (C=O) groups is 2. The second-order valence-electron chi connectivity index (χ2n) is 6.73. The molecule has 0 aromatic heterocycles. The molecule has 0 unspecified atom stereocenters. The summed E-state index contributed by atoms with van der Waals surface area (Å²) >= 11 is 12.1. The van der Waals surface area contributed by atoms with Crippen LogP contribution < -0.4 is 14.8 Å². The molecule has 154 valence electrons. The Balaban J connectivity index is 1.60. The lowest BCUT2D eigenvalue weighted by molar-refractivity contribution is -0.121. The van der Waals surface area contributed by atoms with Gasteiger partial charge >= 0.3 is 0 Å². The van der Waals surface area contributed by atoms with Crippen molar-refractivity contribution < 1.29 is 19.1 Å². The van der Waals surface area contributed by atoms with E-state index in [-0.39, 0.29) is 17.7 Å². The fourth-order valence-electron chi connectivity index (χ4n) is 3.33. The zero-order valence-electron chi connectivity index (χ0n) is 16.2. The number of hydrogen-bond donors (Lipinski definition) is 1. The summed E-state index contributed by atoms with van der Waals surface area (Å²) < 4.78 is 10.5. The number of methoxy groups -OCH3 is 2. The molecule has 1 aliphatic rings. The van der Waals surface area contributed by atoms with Crippen LogP contribution in [0.15, 0.2) is 36.4 Å². The summed E-state index contributed by atoms with van der Waals surface area (Å²) in [5.41, 5.74) is 1.02. The van der Waals surface area contributed by atoms with Gasteiger partial charge in [-0.25, -0.2) is 0 Å². The number of hydrogen-bond acceptors (Lipinski definition) is 4. The van der Waals surface area contributed by atoms with Gasteiger partial charge in [-0.3, -0.25) is 9.59 Å². The molecule has 0 bridgehead atoms. The first-order valence-electron chi connectivity index (χ1n) is 9.20. The molecule has 3 rings (SSSR count). The third kappa shape index (κ3) is 4.77. The summed E-state index contributed by atoms with van der Waals surface area (Å²) in [6, 6.07) is 10.2. The summed E-state index contributed by atoms with van der Waals surface area (Å²) in [7, 11) is 3.08. The Morgan fingerprint density at radius 1 is 1.03 bits per heavy atom. The SMILES string of the molecule is COc1ccc(C(=O)N2CCC(C(=O)Nc3cccc(Cl)c3Cl)CC2)cc1OC. The van der Waals surface area contributed by atoms with Crippen molar-refractivity contribution in [2.24, 2.45) is 5.92 Å². The molecule has 29 heavy (non-hydrogen) atoms. The predicted molar refractivity (Wildman–Crippen MR) is 113 cm³/mol. The second kappa shape index (κ2) is 9.37. The molecule has 0 atom stereocenters. The largest absolute Gasteiger partial charge is 0.493 e. The molecular formula is C21H22Cl2N2O4. The molecule has 2 aromatic rings. The fourth-order valence-corrected chi connectivity index (χ4v) is 3.68. The van der Waals surface area contributed by atoms with Gasteiger partial charge in [0.1, 0.15) is 0 Å². The normalized spacial score (nSPS) is 14.4. The number of halogens is 2. The van der Waals surface area contributed by atoms with E-state index in [0.717, 1.165) is 0 Å². The Bertz CT molecular complexity index is 912. The predicted octanol–water partition coefficient (Wildman–Crippen LogP) is 4.50. The maximum atomic E-state index is 12.8. The van der Waals surface area contributed by atoms with Crippen LogP contribution >= 0.6 is 23.2 Å². The fraction of sp³-hybridized carbons (Fsp3) is 0.333. The van der Waals surface area contributed by atoms with E-state index in [0.29, 0.717) is 58.7 Å². The summed E-state index contributed by atoms with van der Waals surface area (Å²) in [5, 5.41) is 3.55. The minimum atomic E-state index is -0.195. The molecule has 2 amide bonds. The molecule has 0 aliphatic carbocycles. The van der Waals surface area contributed by atoms with Crippen molar-refractivity contribution in [3.8, 4) is 11.5 Å². The van der Waals surface area contributed by atoms with E-state index < -0.39 is 0 Å². The highest BCUT2D eigenvalue weighted by atomic mass is 35.5. The van der Waals surface area contributed by atoms with E-state index in [1.165, 1.54) is 7.11 Å². The molecule has 8 heteroatoms. The monoisotopic (exact) mass is 436 g/mol. The number of rotatable bonds is 5. The molecule has 1 fully saturated rings. The van der Waals surface area contributed by atoms with Crippen molar-refractivity contribution in [2.45, 2.75) is 12.8 Å². The van der Waals surface area contributed by atoms with Gasteiger partial charge in [-0.1, -0.05) is 29.3 Å². The first-order valence-corrected chi connectivity index (χ1v) is 9.96. The van der Waals surface area contributed by atoms with Crippen molar-refractivity contribution in [1.82, 2.24) is 4.90 Å². The van der Waals surface area contributed by atoms with Crippen molar-refractivity contribution in [3.63, 3.8) is 0 Å². The smallest absolute Gasteiger partial charge is 0.253 e. The number of benzene rings is 2. The Kier molecular flexibility index (Phi) is 6.87. The summed E-state index contributed by atoms with van der Waals surface area (Å²) in [4.78, 5) is 27.1. The molecule has 1 saturated heterocycles. The van der Waals surface area contributed by atoms with Crippen LogP contribution in [0.3, 0.4) is 0 Å². The zero-order valence-corrected chi connectivity index (χ0v) is 17.7. The number of likely N-dealkylation sites (tertiary alicyclic amines) is 1. The molecule has 1 N–H and O–H groups in total. The Morgan fingerprint density at radius 3 is 2.38 bits per heavy atom. The lowest BCUT2D eigenvalue weighted by atomic mass is 9.95. The third-order valence-electron chi connectivity index (χ3n) is 4.99. The average Bonchev–Trinajstić information content (AvgIpc) is 2.76. The van der Waals surface area contributed by atoms with E-state index in [1.807, 2.05) is 0 Å². The van der Waals surface area contributed by atoms with Crippen LogP contribution in [0.2, 0.25) is 10.0 Å². The highest BCUT2D eigenvalue weighted by Crippen LogP contribution is 2.31. The minimum Gasteiger partial charge on any atom is -0.493 e. The number of nitrogens with one attached hydrogen (secondary N) is 1. The average molecular weight is 437 g/mol. The molecule has 0 spiro atoms. The van der Waals surface area contributed by atoms with Crippen LogP contribution in [0.1, 0.15) is 23.2 Å². The number of carbonyl (C=O) groups excluding carboxylic acids is 2. The van der Waals surface area contributed by atoms with Gasteiger partial charge in [0.15, 0.2) is 11.5 Å². The third-order valence-corrected chi connectivity index (χ3v) is 5.81. The van der Waals surface area contributed by atoms with Gasteiger partial charge in [-0.15, -0.1) is 0 Å². The van der Waals surface area contributed by atoms with Crippen LogP contribution in [-0.4, -0.2) is 44.0 Å². The highest BCUT2D eigenvalue weighted by molar-refractivity contribution is 6.44. The minimum absolute atomic E-state index is 0.0947. The second-order valence-corrected chi connectivity index (χ2v) is 7.51. The summed E-state index contributed by atoms with van der Waals surface area (Å²) in [6.07, 6.45) is 1.14. The van der Waals surface area contributed by atoms with E-state index in [9.17, 15) is 9.59 Å². The van der Waals surface area contributed by atoms with Gasteiger partial charge in [-0.05, 0) is 43.2 Å². The first-order chi connectivity index (χ1) is 13.9. The molecule has 0 radical (unpaired) electrons. The van der Waals surface area contributed by atoms with Crippen molar-refractivity contribution in [2.75, 3.05) is 32.6 Å². The van der Waals surface area contributed by atoms with E-state index in [1.54, 1.807) is 48.4 Å². The molecule has 1 heterocycles. The Morgan fingerprint density at radius 2 is 1.72 bits per heavy atom. The number of amides is 2. The summed E-state index contributed by atoms with van der Waals surface area (Å²) in [6.45, 7) is 0.989. The molecular weight excluding hydrogens is 415 g/mol. The van der Waals surface area contributed by atoms with E-state index in [2.05, 4.69) is 5.32 Å². The molecule has 0 saturated carbocycles. The van der Waals surface area contributed by atoms with Gasteiger partial charge in [-0.2, -0.15) is 0 Å². The topological polar surface area (TPSA) is 67.9 Å². The number of anilines is 1. The van der Waals surface area contributed by atoms with Crippen LogP contribution in [0.5, 0.6) is 11.5 Å². The maximum Gasteiger partial charge on any atom is 0.253 e. The number of ether oxygens (including phenoxy) is 2. The van der Waals surface area contributed by atoms with E-state index in [4.69, 9.17) is 32.7 Å². The first kappa shape index (κ1) is 21.3.